The van der Waals surface area contributed by atoms with Crippen molar-refractivity contribution in [2.45, 2.75) is 39.1 Å². The van der Waals surface area contributed by atoms with Crippen LogP contribution in [0.3, 0.4) is 0 Å². The molecule has 0 saturated carbocycles. The molecule has 2 aromatic rings. The van der Waals surface area contributed by atoms with E-state index in [2.05, 4.69) is 79.4 Å². The summed E-state index contributed by atoms with van der Waals surface area (Å²) < 4.78 is 5.84. The molecule has 2 aromatic carbocycles. The summed E-state index contributed by atoms with van der Waals surface area (Å²) in [4.78, 5) is 2.50. The quantitative estimate of drug-likeness (QED) is 0.714. The van der Waals surface area contributed by atoms with E-state index in [4.69, 9.17) is 4.74 Å². The molecule has 0 radical (unpaired) electrons. The minimum atomic E-state index is 0.396. The Kier molecular flexibility index (Phi) is 4.91. The maximum atomic E-state index is 5.84. The summed E-state index contributed by atoms with van der Waals surface area (Å²) in [6.07, 6.45) is 0.835. The fraction of sp³-hybridized carbons (Fsp3) is 0.400. The second-order valence-corrected chi connectivity index (χ2v) is 6.52. The Hall–Kier alpha value is -1.64. The van der Waals surface area contributed by atoms with Crippen LogP contribution in [-0.4, -0.2) is 23.7 Å². The van der Waals surface area contributed by atoms with Gasteiger partial charge in [0.1, 0.15) is 0 Å². The van der Waals surface area contributed by atoms with Crippen LogP contribution in [0.1, 0.15) is 25.0 Å². The van der Waals surface area contributed by atoms with Crippen LogP contribution in [0.4, 0.5) is 0 Å². The monoisotopic (exact) mass is 295 g/mol. The van der Waals surface area contributed by atoms with Gasteiger partial charge in [-0.15, -0.1) is 0 Å². The summed E-state index contributed by atoms with van der Waals surface area (Å²) in [6, 6.07) is 21.4. The van der Waals surface area contributed by atoms with Crippen molar-refractivity contribution >= 4 is 0 Å². The average molecular weight is 295 g/mol. The smallest absolute Gasteiger partial charge is 0.0971 e. The normalized spacial score (nSPS) is 20.5. The zero-order chi connectivity index (χ0) is 15.4. The molecule has 1 saturated heterocycles. The predicted octanol–water partition coefficient (Wildman–Crippen LogP) is 4.11. The molecule has 1 heterocycles. The first-order chi connectivity index (χ1) is 10.7. The molecule has 0 N–H and O–H groups in total. The Morgan fingerprint density at radius 3 is 1.77 bits per heavy atom. The SMILES string of the molecule is CC(C)[C@H]1O[C@H]1CN(Cc1ccccc1)Cc1ccccc1. The summed E-state index contributed by atoms with van der Waals surface area (Å²) in [5.41, 5.74) is 2.72. The molecule has 2 heteroatoms. The number of benzene rings is 2. The van der Waals surface area contributed by atoms with Crippen molar-refractivity contribution in [3.05, 3.63) is 71.8 Å². The molecule has 0 aromatic heterocycles. The maximum Gasteiger partial charge on any atom is 0.0971 e. The highest BCUT2D eigenvalue weighted by Gasteiger charge is 2.41. The molecule has 1 fully saturated rings. The molecular formula is C20H25NO. The number of hydrogen-bond acceptors (Lipinski definition) is 2. The molecule has 2 nitrogen and oxygen atoms in total. The van der Waals surface area contributed by atoms with Crippen LogP contribution in [0, 0.1) is 5.92 Å². The zero-order valence-electron chi connectivity index (χ0n) is 13.5. The lowest BCUT2D eigenvalue weighted by atomic mass is 10.1. The molecular weight excluding hydrogens is 270 g/mol. The van der Waals surface area contributed by atoms with Crippen molar-refractivity contribution in [2.75, 3.05) is 6.54 Å². The van der Waals surface area contributed by atoms with E-state index >= 15 is 0 Å². The van der Waals surface area contributed by atoms with Gasteiger partial charge in [-0.05, 0) is 17.0 Å². The van der Waals surface area contributed by atoms with Gasteiger partial charge >= 0.3 is 0 Å². The first-order valence-electron chi connectivity index (χ1n) is 8.18. The van der Waals surface area contributed by atoms with Crippen LogP contribution in [-0.2, 0) is 17.8 Å². The molecule has 2 atom stereocenters. The Labute approximate surface area is 133 Å². The minimum Gasteiger partial charge on any atom is -0.368 e. The number of epoxide rings is 1. The first kappa shape index (κ1) is 15.3. The minimum absolute atomic E-state index is 0.396. The average Bonchev–Trinajstić information content (AvgIpc) is 3.29. The Morgan fingerprint density at radius 1 is 0.864 bits per heavy atom. The lowest BCUT2D eigenvalue weighted by Crippen LogP contribution is -2.28. The molecule has 1 aliphatic heterocycles. The second-order valence-electron chi connectivity index (χ2n) is 6.52. The third-order valence-corrected chi connectivity index (χ3v) is 4.21. The topological polar surface area (TPSA) is 15.8 Å². The maximum absolute atomic E-state index is 5.84. The van der Waals surface area contributed by atoms with Crippen LogP contribution in [0.2, 0.25) is 0 Å². The van der Waals surface area contributed by atoms with Crippen LogP contribution >= 0.6 is 0 Å². The van der Waals surface area contributed by atoms with E-state index in [0.29, 0.717) is 18.1 Å². The van der Waals surface area contributed by atoms with E-state index < -0.39 is 0 Å². The van der Waals surface area contributed by atoms with Gasteiger partial charge in [-0.3, -0.25) is 4.90 Å². The Bertz CT molecular complexity index is 525. The van der Waals surface area contributed by atoms with E-state index in [-0.39, 0.29) is 0 Å². The van der Waals surface area contributed by atoms with Gasteiger partial charge in [0.25, 0.3) is 0 Å². The summed E-state index contributed by atoms with van der Waals surface area (Å²) in [5, 5.41) is 0. The first-order valence-corrected chi connectivity index (χ1v) is 8.18. The standard InChI is InChI=1S/C20H25NO/c1-16(2)20-19(22-20)15-21(13-17-9-5-3-6-10-17)14-18-11-7-4-8-12-18/h3-12,16,19-20H,13-15H2,1-2H3/t19-,20+/m0/s1. The van der Waals surface area contributed by atoms with Gasteiger partial charge in [0.2, 0.25) is 0 Å². The van der Waals surface area contributed by atoms with Crippen molar-refractivity contribution < 1.29 is 4.74 Å². The molecule has 0 spiro atoms. The molecule has 1 aliphatic rings. The van der Waals surface area contributed by atoms with Crippen LogP contribution in [0.15, 0.2) is 60.7 Å². The number of rotatable bonds is 7. The Balaban J connectivity index is 1.65. The number of nitrogens with zero attached hydrogens (tertiary/aromatic N) is 1. The molecule has 3 rings (SSSR count). The van der Waals surface area contributed by atoms with E-state index in [1.165, 1.54) is 11.1 Å². The van der Waals surface area contributed by atoms with Gasteiger partial charge in [-0.1, -0.05) is 74.5 Å². The van der Waals surface area contributed by atoms with Gasteiger partial charge in [0, 0.05) is 19.6 Å². The van der Waals surface area contributed by atoms with E-state index in [1.54, 1.807) is 0 Å². The summed E-state index contributed by atoms with van der Waals surface area (Å²) in [7, 11) is 0. The van der Waals surface area contributed by atoms with Gasteiger partial charge in [0.15, 0.2) is 0 Å². The summed E-state index contributed by atoms with van der Waals surface area (Å²) in [6.45, 7) is 7.43. The number of ether oxygens (including phenoxy) is 1. The fourth-order valence-electron chi connectivity index (χ4n) is 3.01. The highest BCUT2D eigenvalue weighted by atomic mass is 16.6. The van der Waals surface area contributed by atoms with Gasteiger partial charge in [-0.25, -0.2) is 0 Å². The summed E-state index contributed by atoms with van der Waals surface area (Å²) in [5.74, 6) is 0.611. The molecule has 0 unspecified atom stereocenters. The molecule has 116 valence electrons. The fourth-order valence-corrected chi connectivity index (χ4v) is 3.01. The predicted molar refractivity (Wildman–Crippen MR) is 90.5 cm³/mol. The third kappa shape index (κ3) is 4.19. The van der Waals surface area contributed by atoms with E-state index in [1.807, 2.05) is 0 Å². The van der Waals surface area contributed by atoms with Gasteiger partial charge in [-0.2, -0.15) is 0 Å². The summed E-state index contributed by atoms with van der Waals surface area (Å²) >= 11 is 0. The van der Waals surface area contributed by atoms with Crippen LogP contribution in [0.25, 0.3) is 0 Å². The van der Waals surface area contributed by atoms with Crippen molar-refractivity contribution in [2.24, 2.45) is 5.92 Å². The van der Waals surface area contributed by atoms with Crippen molar-refractivity contribution in [1.29, 1.82) is 0 Å². The van der Waals surface area contributed by atoms with Crippen LogP contribution in [0.5, 0.6) is 0 Å². The van der Waals surface area contributed by atoms with E-state index in [9.17, 15) is 0 Å². The Morgan fingerprint density at radius 2 is 1.36 bits per heavy atom. The van der Waals surface area contributed by atoms with Crippen molar-refractivity contribution in [3.63, 3.8) is 0 Å². The second kappa shape index (κ2) is 7.08. The largest absolute Gasteiger partial charge is 0.368 e. The molecule has 0 bridgehead atoms. The lowest BCUT2D eigenvalue weighted by Gasteiger charge is -2.22. The van der Waals surface area contributed by atoms with Gasteiger partial charge < -0.3 is 4.74 Å². The van der Waals surface area contributed by atoms with Gasteiger partial charge in [0.05, 0.1) is 12.2 Å². The van der Waals surface area contributed by atoms with E-state index in [0.717, 1.165) is 19.6 Å². The molecule has 0 aliphatic carbocycles. The molecule has 0 amide bonds. The highest BCUT2D eigenvalue weighted by Crippen LogP contribution is 2.30. The third-order valence-electron chi connectivity index (χ3n) is 4.21. The zero-order valence-corrected chi connectivity index (χ0v) is 13.5. The number of hydrogen-bond donors (Lipinski definition) is 0. The van der Waals surface area contributed by atoms with Crippen molar-refractivity contribution in [1.82, 2.24) is 4.90 Å². The van der Waals surface area contributed by atoms with Crippen LogP contribution < -0.4 is 0 Å². The lowest BCUT2D eigenvalue weighted by molar-refractivity contribution is 0.225. The van der Waals surface area contributed by atoms with Crippen molar-refractivity contribution in [3.8, 4) is 0 Å². The molecule has 22 heavy (non-hydrogen) atoms. The highest BCUT2D eigenvalue weighted by molar-refractivity contribution is 5.17.